The van der Waals surface area contributed by atoms with Gasteiger partial charge in [0, 0.05) is 37.8 Å². The Morgan fingerprint density at radius 1 is 1.33 bits per heavy atom. The first-order valence-electron chi connectivity index (χ1n) is 8.12. The molecule has 1 N–H and O–H groups in total. The molecule has 1 saturated heterocycles. The molecule has 1 aliphatic heterocycles. The maximum atomic E-state index is 11.0. The van der Waals surface area contributed by atoms with E-state index in [-0.39, 0.29) is 11.6 Å². The Hall–Kier alpha value is -0.910. The van der Waals surface area contributed by atoms with Crippen molar-refractivity contribution in [3.63, 3.8) is 0 Å². The van der Waals surface area contributed by atoms with Gasteiger partial charge in [-0.15, -0.1) is 0 Å². The quantitative estimate of drug-likeness (QED) is 0.908. The molecule has 118 valence electrons. The molecule has 1 aliphatic carbocycles. The summed E-state index contributed by atoms with van der Waals surface area (Å²) in [6, 6.07) is 2.09. The van der Waals surface area contributed by atoms with Crippen LogP contribution in [0, 0.1) is 6.92 Å². The summed E-state index contributed by atoms with van der Waals surface area (Å²) in [5.41, 5.74) is 2.09. The molecule has 2 fully saturated rings. The molecule has 21 heavy (non-hydrogen) atoms. The van der Waals surface area contributed by atoms with Crippen LogP contribution in [0.3, 0.4) is 0 Å². The van der Waals surface area contributed by atoms with Crippen molar-refractivity contribution in [2.24, 2.45) is 7.05 Å². The average Bonchev–Trinajstić information content (AvgIpc) is 3.08. The van der Waals surface area contributed by atoms with Crippen molar-refractivity contribution in [2.45, 2.75) is 50.7 Å². The van der Waals surface area contributed by atoms with Gasteiger partial charge in [0.1, 0.15) is 0 Å². The number of aromatic nitrogens is 2. The molecular weight excluding hydrogens is 266 g/mol. The molecule has 0 bridgehead atoms. The molecule has 2 heterocycles. The molecule has 0 radical (unpaired) electrons. The molecular formula is C16H27N3O2. The number of aliphatic hydroxyl groups excluding tert-OH is 1. The molecule has 0 aromatic carbocycles. The second kappa shape index (κ2) is 6.07. The van der Waals surface area contributed by atoms with Gasteiger partial charge in [-0.05, 0) is 25.8 Å². The fourth-order valence-corrected chi connectivity index (χ4v) is 4.10. The summed E-state index contributed by atoms with van der Waals surface area (Å²) in [4.78, 5) is 2.48. The fourth-order valence-electron chi connectivity index (χ4n) is 4.10. The van der Waals surface area contributed by atoms with Crippen LogP contribution >= 0.6 is 0 Å². The molecule has 0 spiro atoms. The number of hydrogen-bond acceptors (Lipinski definition) is 4. The normalized spacial score (nSPS) is 24.3. The molecule has 1 aromatic rings. The van der Waals surface area contributed by atoms with Crippen LogP contribution in [0.4, 0.5) is 0 Å². The number of nitrogens with zero attached hydrogens (tertiary/aromatic N) is 3. The minimum absolute atomic E-state index is 0.0536. The van der Waals surface area contributed by atoms with E-state index in [2.05, 4.69) is 16.1 Å². The van der Waals surface area contributed by atoms with E-state index in [0.717, 1.165) is 50.5 Å². The zero-order chi connectivity index (χ0) is 14.9. The van der Waals surface area contributed by atoms with Gasteiger partial charge in [0.2, 0.25) is 0 Å². The van der Waals surface area contributed by atoms with Crippen LogP contribution in [0.15, 0.2) is 6.07 Å². The summed E-state index contributed by atoms with van der Waals surface area (Å²) in [5.74, 6) is 0. The van der Waals surface area contributed by atoms with E-state index >= 15 is 0 Å². The molecule has 1 unspecified atom stereocenters. The SMILES string of the molecule is Cc1cc(CC(O)C2(N3CCOCC3)CCCC2)n(C)n1. The highest BCUT2D eigenvalue weighted by atomic mass is 16.5. The predicted molar refractivity (Wildman–Crippen MR) is 81.2 cm³/mol. The number of ether oxygens (including phenoxy) is 1. The number of aryl methyl sites for hydroxylation is 2. The summed E-state index contributed by atoms with van der Waals surface area (Å²) in [7, 11) is 1.96. The van der Waals surface area contributed by atoms with E-state index in [4.69, 9.17) is 4.74 Å². The van der Waals surface area contributed by atoms with Crippen molar-refractivity contribution in [1.29, 1.82) is 0 Å². The lowest BCUT2D eigenvalue weighted by molar-refractivity contribution is -0.0758. The Morgan fingerprint density at radius 2 is 2.00 bits per heavy atom. The van der Waals surface area contributed by atoms with E-state index in [1.165, 1.54) is 12.8 Å². The van der Waals surface area contributed by atoms with Crippen LogP contribution in [-0.4, -0.2) is 57.7 Å². The zero-order valence-corrected chi connectivity index (χ0v) is 13.2. The third kappa shape index (κ3) is 2.87. The highest BCUT2D eigenvalue weighted by molar-refractivity contribution is 5.13. The Labute approximate surface area is 126 Å². The van der Waals surface area contributed by atoms with E-state index in [1.54, 1.807) is 0 Å². The van der Waals surface area contributed by atoms with Crippen molar-refractivity contribution in [2.75, 3.05) is 26.3 Å². The maximum absolute atomic E-state index is 11.0. The predicted octanol–water partition coefficient (Wildman–Crippen LogP) is 1.28. The van der Waals surface area contributed by atoms with Gasteiger partial charge in [0.25, 0.3) is 0 Å². The molecule has 3 rings (SSSR count). The van der Waals surface area contributed by atoms with Crippen molar-refractivity contribution >= 4 is 0 Å². The minimum atomic E-state index is -0.326. The highest BCUT2D eigenvalue weighted by Gasteiger charge is 2.45. The molecule has 1 atom stereocenters. The van der Waals surface area contributed by atoms with Crippen molar-refractivity contribution < 1.29 is 9.84 Å². The standard InChI is InChI=1S/C16H27N3O2/c1-13-11-14(18(2)17-13)12-15(20)16(5-3-4-6-16)19-7-9-21-10-8-19/h11,15,20H,3-10,12H2,1-2H3. The first-order valence-corrected chi connectivity index (χ1v) is 8.12. The highest BCUT2D eigenvalue weighted by Crippen LogP contribution is 2.39. The third-order valence-corrected chi connectivity index (χ3v) is 5.23. The van der Waals surface area contributed by atoms with E-state index in [0.29, 0.717) is 6.42 Å². The maximum Gasteiger partial charge on any atom is 0.0779 e. The van der Waals surface area contributed by atoms with Gasteiger partial charge in [-0.3, -0.25) is 9.58 Å². The number of hydrogen-bond donors (Lipinski definition) is 1. The van der Waals surface area contributed by atoms with Crippen LogP contribution in [0.5, 0.6) is 0 Å². The molecule has 2 aliphatic rings. The number of rotatable bonds is 4. The number of morpholine rings is 1. The Bertz CT molecular complexity index is 474. The van der Waals surface area contributed by atoms with Gasteiger partial charge in [0.05, 0.1) is 25.0 Å². The lowest BCUT2D eigenvalue weighted by Gasteiger charge is -2.46. The summed E-state index contributed by atoms with van der Waals surface area (Å²) < 4.78 is 7.39. The lowest BCUT2D eigenvalue weighted by Crippen LogP contribution is -2.59. The second-order valence-corrected chi connectivity index (χ2v) is 6.53. The van der Waals surface area contributed by atoms with Gasteiger partial charge >= 0.3 is 0 Å². The van der Waals surface area contributed by atoms with Gasteiger partial charge in [-0.1, -0.05) is 12.8 Å². The minimum Gasteiger partial charge on any atom is -0.391 e. The molecule has 5 nitrogen and oxygen atoms in total. The topological polar surface area (TPSA) is 50.5 Å². The third-order valence-electron chi connectivity index (χ3n) is 5.23. The summed E-state index contributed by atoms with van der Waals surface area (Å²) in [5, 5.41) is 15.4. The lowest BCUT2D eigenvalue weighted by atomic mass is 9.85. The van der Waals surface area contributed by atoms with Crippen LogP contribution in [-0.2, 0) is 18.2 Å². The smallest absolute Gasteiger partial charge is 0.0779 e. The van der Waals surface area contributed by atoms with Gasteiger partial charge < -0.3 is 9.84 Å². The van der Waals surface area contributed by atoms with E-state index < -0.39 is 0 Å². The first kappa shape index (κ1) is 15.0. The van der Waals surface area contributed by atoms with Crippen LogP contribution in [0.2, 0.25) is 0 Å². The van der Waals surface area contributed by atoms with Gasteiger partial charge in [-0.25, -0.2) is 0 Å². The molecule has 0 amide bonds. The van der Waals surface area contributed by atoms with Crippen molar-refractivity contribution in [1.82, 2.24) is 14.7 Å². The van der Waals surface area contributed by atoms with Crippen LogP contribution in [0.25, 0.3) is 0 Å². The van der Waals surface area contributed by atoms with E-state index in [9.17, 15) is 5.11 Å². The zero-order valence-electron chi connectivity index (χ0n) is 13.2. The molecule has 1 aromatic heterocycles. The van der Waals surface area contributed by atoms with Crippen molar-refractivity contribution in [3.8, 4) is 0 Å². The largest absolute Gasteiger partial charge is 0.391 e. The van der Waals surface area contributed by atoms with E-state index in [1.807, 2.05) is 18.7 Å². The Balaban J connectivity index is 1.78. The summed E-state index contributed by atoms with van der Waals surface area (Å²) in [6.07, 6.45) is 5.01. The van der Waals surface area contributed by atoms with Crippen LogP contribution in [0.1, 0.15) is 37.1 Å². The van der Waals surface area contributed by atoms with Crippen molar-refractivity contribution in [3.05, 3.63) is 17.5 Å². The Morgan fingerprint density at radius 3 is 2.57 bits per heavy atom. The first-order chi connectivity index (χ1) is 10.1. The summed E-state index contributed by atoms with van der Waals surface area (Å²) in [6.45, 7) is 5.48. The van der Waals surface area contributed by atoms with Gasteiger partial charge in [0.15, 0.2) is 0 Å². The second-order valence-electron chi connectivity index (χ2n) is 6.53. The van der Waals surface area contributed by atoms with Crippen LogP contribution < -0.4 is 0 Å². The monoisotopic (exact) mass is 293 g/mol. The number of aliphatic hydroxyl groups is 1. The fraction of sp³-hybridized carbons (Fsp3) is 0.812. The Kier molecular flexibility index (Phi) is 4.33. The summed E-state index contributed by atoms with van der Waals surface area (Å²) >= 11 is 0. The van der Waals surface area contributed by atoms with Gasteiger partial charge in [-0.2, -0.15) is 5.10 Å². The molecule has 1 saturated carbocycles. The average molecular weight is 293 g/mol. The molecule has 5 heteroatoms.